The van der Waals surface area contributed by atoms with Crippen LogP contribution in [0.1, 0.15) is 19.5 Å². The quantitative estimate of drug-likeness (QED) is 0.864. The van der Waals surface area contributed by atoms with Crippen LogP contribution in [0.4, 0.5) is 5.69 Å². The van der Waals surface area contributed by atoms with E-state index >= 15 is 0 Å². The molecule has 1 aromatic rings. The maximum atomic E-state index is 12.0. The third kappa shape index (κ3) is 3.65. The number of hydrogen-bond acceptors (Lipinski definition) is 3. The smallest absolute Gasteiger partial charge is 0.269 e. The summed E-state index contributed by atoms with van der Waals surface area (Å²) in [6.07, 6.45) is 0. The van der Waals surface area contributed by atoms with Gasteiger partial charge in [-0.15, -0.1) is 0 Å². The zero-order valence-corrected chi connectivity index (χ0v) is 12.6. The van der Waals surface area contributed by atoms with Crippen molar-refractivity contribution in [2.45, 2.75) is 26.8 Å². The van der Waals surface area contributed by atoms with Gasteiger partial charge in [-0.3, -0.25) is 4.72 Å². The average molecular weight is 322 g/mol. The van der Waals surface area contributed by atoms with Crippen molar-refractivity contribution in [1.29, 1.82) is 0 Å². The molecule has 17 heavy (non-hydrogen) atoms. The predicted octanol–water partition coefficient (Wildman–Crippen LogP) is 2.15. The maximum Gasteiger partial charge on any atom is 0.301 e. The molecule has 1 rings (SSSR count). The first-order valence-electron chi connectivity index (χ1n) is 5.13. The molecular weight excluding hydrogens is 306 g/mol. The van der Waals surface area contributed by atoms with E-state index in [0.717, 1.165) is 0 Å². The summed E-state index contributed by atoms with van der Waals surface area (Å²) in [7, 11) is -1.98. The molecule has 0 saturated carbocycles. The molecule has 0 aliphatic carbocycles. The van der Waals surface area contributed by atoms with Crippen molar-refractivity contribution in [3.05, 3.63) is 22.4 Å². The van der Waals surface area contributed by atoms with Gasteiger partial charge in [0.25, 0.3) is 0 Å². The summed E-state index contributed by atoms with van der Waals surface area (Å²) in [6, 6.07) is 3.27. The molecule has 0 unspecified atom stereocenters. The Bertz CT molecular complexity index is 502. The Labute approximate surface area is 111 Å². The number of anilines is 1. The van der Waals surface area contributed by atoms with E-state index in [0.29, 0.717) is 16.0 Å². The monoisotopic (exact) mass is 321 g/mol. The Morgan fingerprint density at radius 2 is 2.00 bits per heavy atom. The van der Waals surface area contributed by atoms with Gasteiger partial charge >= 0.3 is 10.2 Å². The molecule has 96 valence electrons. The summed E-state index contributed by atoms with van der Waals surface area (Å²) in [4.78, 5) is 4.13. The Hall–Kier alpha value is -0.660. The van der Waals surface area contributed by atoms with Gasteiger partial charge in [0.05, 0.1) is 11.4 Å². The zero-order chi connectivity index (χ0) is 13.2. The molecular formula is C10H16BrN3O2S. The van der Waals surface area contributed by atoms with Crippen molar-refractivity contribution >= 4 is 31.8 Å². The van der Waals surface area contributed by atoms with E-state index in [-0.39, 0.29) is 6.04 Å². The summed E-state index contributed by atoms with van der Waals surface area (Å²) < 4.78 is 28.4. The number of pyridine rings is 1. The molecule has 0 radical (unpaired) electrons. The fourth-order valence-electron chi connectivity index (χ4n) is 1.13. The van der Waals surface area contributed by atoms with Crippen LogP contribution in [0.5, 0.6) is 0 Å². The van der Waals surface area contributed by atoms with Gasteiger partial charge in [0.2, 0.25) is 0 Å². The van der Waals surface area contributed by atoms with Crippen LogP contribution >= 0.6 is 15.9 Å². The van der Waals surface area contributed by atoms with E-state index in [2.05, 4.69) is 25.6 Å². The first kappa shape index (κ1) is 14.4. The van der Waals surface area contributed by atoms with Gasteiger partial charge in [0.15, 0.2) is 0 Å². The first-order valence-corrected chi connectivity index (χ1v) is 7.36. The van der Waals surface area contributed by atoms with Crippen LogP contribution in [0.2, 0.25) is 0 Å². The molecule has 0 aliphatic rings. The van der Waals surface area contributed by atoms with Gasteiger partial charge in [-0.1, -0.05) is 0 Å². The number of halogens is 1. The van der Waals surface area contributed by atoms with Gasteiger partial charge in [-0.25, -0.2) is 4.98 Å². The maximum absolute atomic E-state index is 12.0. The van der Waals surface area contributed by atoms with Crippen LogP contribution in [-0.2, 0) is 10.2 Å². The number of hydrogen-bond donors (Lipinski definition) is 1. The van der Waals surface area contributed by atoms with Crippen LogP contribution in [0, 0.1) is 6.92 Å². The summed E-state index contributed by atoms with van der Waals surface area (Å²) in [5.41, 5.74) is 1.11. The zero-order valence-electron chi connectivity index (χ0n) is 10.2. The molecule has 0 amide bonds. The highest BCUT2D eigenvalue weighted by Crippen LogP contribution is 2.18. The number of nitrogens with zero attached hydrogens (tertiary/aromatic N) is 2. The van der Waals surface area contributed by atoms with Crippen molar-refractivity contribution < 1.29 is 8.42 Å². The van der Waals surface area contributed by atoms with E-state index in [1.165, 1.54) is 11.4 Å². The normalized spacial score (nSPS) is 12.2. The molecule has 5 nitrogen and oxygen atoms in total. The van der Waals surface area contributed by atoms with Gasteiger partial charge in [0, 0.05) is 13.1 Å². The minimum atomic E-state index is -3.52. The van der Waals surface area contributed by atoms with Crippen molar-refractivity contribution in [3.63, 3.8) is 0 Å². The van der Waals surface area contributed by atoms with E-state index in [1.807, 2.05) is 13.8 Å². The molecule has 0 aliphatic heterocycles. The summed E-state index contributed by atoms with van der Waals surface area (Å²) in [5, 5.41) is 0. The summed E-state index contributed by atoms with van der Waals surface area (Å²) >= 11 is 3.23. The Kier molecular flexibility index (Phi) is 4.51. The second-order valence-electron chi connectivity index (χ2n) is 3.98. The lowest BCUT2D eigenvalue weighted by Gasteiger charge is -2.22. The van der Waals surface area contributed by atoms with Crippen molar-refractivity contribution in [2.24, 2.45) is 0 Å². The van der Waals surface area contributed by atoms with Gasteiger partial charge < -0.3 is 0 Å². The Morgan fingerprint density at radius 3 is 2.47 bits per heavy atom. The van der Waals surface area contributed by atoms with E-state index < -0.39 is 10.2 Å². The number of nitrogens with one attached hydrogen (secondary N) is 1. The number of aryl methyl sites for hydroxylation is 1. The lowest BCUT2D eigenvalue weighted by Crippen LogP contribution is -2.37. The van der Waals surface area contributed by atoms with E-state index in [1.54, 1.807) is 19.1 Å². The second-order valence-corrected chi connectivity index (χ2v) is 6.53. The fourth-order valence-corrected chi connectivity index (χ4v) is 2.72. The van der Waals surface area contributed by atoms with E-state index in [4.69, 9.17) is 0 Å². The van der Waals surface area contributed by atoms with Crippen molar-refractivity contribution in [3.8, 4) is 0 Å². The molecule has 0 saturated heterocycles. The summed E-state index contributed by atoms with van der Waals surface area (Å²) in [5.74, 6) is 0. The van der Waals surface area contributed by atoms with Crippen LogP contribution < -0.4 is 4.72 Å². The highest BCUT2D eigenvalue weighted by atomic mass is 79.9. The fraction of sp³-hybridized carbons (Fsp3) is 0.500. The highest BCUT2D eigenvalue weighted by molar-refractivity contribution is 9.10. The molecule has 0 spiro atoms. The third-order valence-corrected chi connectivity index (χ3v) is 4.50. The highest BCUT2D eigenvalue weighted by Gasteiger charge is 2.21. The first-order chi connectivity index (χ1) is 7.74. The SMILES string of the molecule is Cc1nc(Br)ccc1NS(=O)(=O)N(C)C(C)C. The van der Waals surface area contributed by atoms with Crippen molar-refractivity contribution in [1.82, 2.24) is 9.29 Å². The number of rotatable bonds is 4. The van der Waals surface area contributed by atoms with Crippen LogP contribution in [-0.4, -0.2) is 30.8 Å². The molecule has 0 aromatic carbocycles. The molecule has 7 heteroatoms. The lowest BCUT2D eigenvalue weighted by molar-refractivity contribution is 0.414. The molecule has 1 aromatic heterocycles. The summed E-state index contributed by atoms with van der Waals surface area (Å²) in [6.45, 7) is 5.37. The molecule has 0 bridgehead atoms. The van der Waals surface area contributed by atoms with Crippen LogP contribution in [0.3, 0.4) is 0 Å². The molecule has 1 N–H and O–H groups in total. The second kappa shape index (κ2) is 5.32. The molecule has 0 atom stereocenters. The minimum Gasteiger partial charge on any atom is -0.269 e. The Morgan fingerprint density at radius 1 is 1.41 bits per heavy atom. The van der Waals surface area contributed by atoms with Crippen LogP contribution in [0.15, 0.2) is 16.7 Å². The largest absolute Gasteiger partial charge is 0.301 e. The minimum absolute atomic E-state index is 0.101. The van der Waals surface area contributed by atoms with Crippen LogP contribution in [0.25, 0.3) is 0 Å². The average Bonchev–Trinajstić information content (AvgIpc) is 2.21. The molecule has 1 heterocycles. The van der Waals surface area contributed by atoms with Gasteiger partial charge in [-0.2, -0.15) is 12.7 Å². The van der Waals surface area contributed by atoms with Crippen molar-refractivity contribution in [2.75, 3.05) is 11.8 Å². The predicted molar refractivity (Wildman–Crippen MR) is 72.1 cm³/mol. The van der Waals surface area contributed by atoms with Gasteiger partial charge in [0.1, 0.15) is 4.60 Å². The number of aromatic nitrogens is 1. The van der Waals surface area contributed by atoms with Gasteiger partial charge in [-0.05, 0) is 48.8 Å². The molecule has 0 fully saturated rings. The lowest BCUT2D eigenvalue weighted by atomic mass is 10.3. The Balaban J connectivity index is 2.98. The topological polar surface area (TPSA) is 62.3 Å². The third-order valence-electron chi connectivity index (χ3n) is 2.40. The van der Waals surface area contributed by atoms with E-state index in [9.17, 15) is 8.42 Å². The standard InChI is InChI=1S/C10H16BrN3O2S/c1-7(2)14(4)17(15,16)13-9-5-6-10(11)12-8(9)3/h5-7,13H,1-4H3.